The van der Waals surface area contributed by atoms with Crippen LogP contribution in [0.1, 0.15) is 29.0 Å². The Balaban J connectivity index is 1.58. The molecule has 8 heteroatoms. The maximum absolute atomic E-state index is 12.1. The molecule has 0 bridgehead atoms. The summed E-state index contributed by atoms with van der Waals surface area (Å²) in [6.45, 7) is 3.70. The number of nitrogens with one attached hydrogen (secondary N) is 1. The van der Waals surface area contributed by atoms with E-state index in [4.69, 9.17) is 0 Å². The first-order valence-electron chi connectivity index (χ1n) is 7.87. The molecule has 2 aromatic heterocycles. The van der Waals surface area contributed by atoms with Crippen LogP contribution in [0.3, 0.4) is 0 Å². The fraction of sp³-hybridized carbons (Fsp3) is 0.438. The van der Waals surface area contributed by atoms with E-state index < -0.39 is 0 Å². The van der Waals surface area contributed by atoms with Gasteiger partial charge in [-0.1, -0.05) is 11.8 Å². The van der Waals surface area contributed by atoms with Crippen molar-refractivity contribution < 1.29 is 4.79 Å². The SMILES string of the molecule is CSc1nc(C)cc(N2CCC(NC(=O)c3cnccn3)CC2)n1. The van der Waals surface area contributed by atoms with Crippen LogP contribution in [0, 0.1) is 6.92 Å². The molecule has 0 unspecified atom stereocenters. The Morgan fingerprint density at radius 3 is 2.75 bits per heavy atom. The van der Waals surface area contributed by atoms with E-state index in [1.807, 2.05) is 19.2 Å². The average molecular weight is 344 g/mol. The van der Waals surface area contributed by atoms with Gasteiger partial charge in [0.1, 0.15) is 11.5 Å². The van der Waals surface area contributed by atoms with Gasteiger partial charge in [0.15, 0.2) is 5.16 Å². The standard InChI is InChI=1S/C16H20N6OS/c1-11-9-14(21-16(19-11)24-2)22-7-3-12(4-8-22)20-15(23)13-10-17-5-6-18-13/h5-6,9-10,12H,3-4,7-8H2,1-2H3,(H,20,23). The predicted molar refractivity (Wildman–Crippen MR) is 93.3 cm³/mol. The zero-order valence-corrected chi connectivity index (χ0v) is 14.6. The van der Waals surface area contributed by atoms with Crippen LogP contribution in [0.2, 0.25) is 0 Å². The highest BCUT2D eigenvalue weighted by molar-refractivity contribution is 7.98. The van der Waals surface area contributed by atoms with Crippen LogP contribution in [-0.4, -0.2) is 51.2 Å². The molecule has 0 aromatic carbocycles. The Morgan fingerprint density at radius 1 is 1.29 bits per heavy atom. The summed E-state index contributed by atoms with van der Waals surface area (Å²) >= 11 is 1.55. The zero-order valence-electron chi connectivity index (χ0n) is 13.8. The molecular formula is C16H20N6OS. The van der Waals surface area contributed by atoms with Crippen molar-refractivity contribution in [3.8, 4) is 0 Å². The van der Waals surface area contributed by atoms with E-state index in [-0.39, 0.29) is 11.9 Å². The molecule has 0 radical (unpaired) electrons. The average Bonchev–Trinajstić information content (AvgIpc) is 2.62. The third-order valence-corrected chi connectivity index (χ3v) is 4.50. The van der Waals surface area contributed by atoms with Crippen molar-refractivity contribution in [3.63, 3.8) is 0 Å². The van der Waals surface area contributed by atoms with Crippen molar-refractivity contribution in [3.05, 3.63) is 36.0 Å². The molecule has 24 heavy (non-hydrogen) atoms. The number of rotatable bonds is 4. The summed E-state index contributed by atoms with van der Waals surface area (Å²) in [5.74, 6) is 0.801. The van der Waals surface area contributed by atoms with Crippen LogP contribution in [0.25, 0.3) is 0 Å². The van der Waals surface area contributed by atoms with Crippen LogP contribution < -0.4 is 10.2 Å². The van der Waals surface area contributed by atoms with Crippen molar-refractivity contribution >= 4 is 23.5 Å². The van der Waals surface area contributed by atoms with E-state index >= 15 is 0 Å². The van der Waals surface area contributed by atoms with Crippen LogP contribution in [0.4, 0.5) is 5.82 Å². The van der Waals surface area contributed by atoms with E-state index in [0.717, 1.165) is 42.6 Å². The molecule has 1 aliphatic rings. The number of carbonyl (C=O) groups excluding carboxylic acids is 1. The van der Waals surface area contributed by atoms with Crippen LogP contribution in [0.5, 0.6) is 0 Å². The van der Waals surface area contributed by atoms with Crippen molar-refractivity contribution in [1.29, 1.82) is 0 Å². The van der Waals surface area contributed by atoms with Gasteiger partial charge < -0.3 is 10.2 Å². The molecule has 1 aliphatic heterocycles. The molecule has 1 fully saturated rings. The molecule has 0 spiro atoms. The number of aryl methyl sites for hydroxylation is 1. The monoisotopic (exact) mass is 344 g/mol. The fourth-order valence-electron chi connectivity index (χ4n) is 2.71. The number of amides is 1. The molecule has 2 aromatic rings. The largest absolute Gasteiger partial charge is 0.356 e. The predicted octanol–water partition coefficient (Wildman–Crippen LogP) is 1.70. The quantitative estimate of drug-likeness (QED) is 0.667. The van der Waals surface area contributed by atoms with Gasteiger partial charge in [-0.2, -0.15) is 0 Å². The fourth-order valence-corrected chi connectivity index (χ4v) is 3.13. The zero-order chi connectivity index (χ0) is 16.9. The summed E-state index contributed by atoms with van der Waals surface area (Å²) in [6.07, 6.45) is 8.30. The molecule has 1 amide bonds. The minimum absolute atomic E-state index is 0.152. The smallest absolute Gasteiger partial charge is 0.271 e. The third kappa shape index (κ3) is 4.00. The molecule has 0 aliphatic carbocycles. The van der Waals surface area contributed by atoms with E-state index in [9.17, 15) is 4.79 Å². The Morgan fingerprint density at radius 2 is 2.08 bits per heavy atom. The van der Waals surface area contributed by atoms with Crippen LogP contribution >= 0.6 is 11.8 Å². The minimum Gasteiger partial charge on any atom is -0.356 e. The molecule has 0 atom stereocenters. The molecule has 3 rings (SSSR count). The van der Waals surface area contributed by atoms with E-state index in [1.54, 1.807) is 18.0 Å². The molecule has 126 valence electrons. The van der Waals surface area contributed by atoms with Gasteiger partial charge in [-0.05, 0) is 26.0 Å². The highest BCUT2D eigenvalue weighted by atomic mass is 32.2. The Bertz CT molecular complexity index is 703. The van der Waals surface area contributed by atoms with Crippen LogP contribution in [-0.2, 0) is 0 Å². The van der Waals surface area contributed by atoms with Gasteiger partial charge in [0, 0.05) is 43.3 Å². The highest BCUT2D eigenvalue weighted by Gasteiger charge is 2.23. The number of anilines is 1. The molecule has 1 N–H and O–H groups in total. The van der Waals surface area contributed by atoms with Gasteiger partial charge in [-0.15, -0.1) is 0 Å². The molecular weight excluding hydrogens is 324 g/mol. The summed E-state index contributed by atoms with van der Waals surface area (Å²) in [5, 5.41) is 3.83. The van der Waals surface area contributed by atoms with Gasteiger partial charge in [0.2, 0.25) is 0 Å². The second kappa shape index (κ2) is 7.57. The van der Waals surface area contributed by atoms with Gasteiger partial charge in [0.25, 0.3) is 5.91 Å². The van der Waals surface area contributed by atoms with E-state index in [2.05, 4.69) is 30.2 Å². The lowest BCUT2D eigenvalue weighted by Gasteiger charge is -2.33. The third-order valence-electron chi connectivity index (χ3n) is 3.95. The first-order chi connectivity index (χ1) is 11.7. The van der Waals surface area contributed by atoms with E-state index in [1.165, 1.54) is 12.4 Å². The summed E-state index contributed by atoms with van der Waals surface area (Å²) in [7, 11) is 0. The number of nitrogens with zero attached hydrogens (tertiary/aromatic N) is 5. The highest BCUT2D eigenvalue weighted by Crippen LogP contribution is 2.21. The first kappa shape index (κ1) is 16.6. The Kier molecular flexibility index (Phi) is 5.24. The molecule has 7 nitrogen and oxygen atoms in total. The number of aromatic nitrogens is 4. The van der Waals surface area contributed by atoms with Gasteiger partial charge in [-0.3, -0.25) is 9.78 Å². The topological polar surface area (TPSA) is 83.9 Å². The lowest BCUT2D eigenvalue weighted by Crippen LogP contribution is -2.45. The van der Waals surface area contributed by atoms with Crippen molar-refractivity contribution in [1.82, 2.24) is 25.3 Å². The molecule has 1 saturated heterocycles. The second-order valence-electron chi connectivity index (χ2n) is 5.68. The van der Waals surface area contributed by atoms with Crippen molar-refractivity contribution in [2.24, 2.45) is 0 Å². The first-order valence-corrected chi connectivity index (χ1v) is 9.09. The van der Waals surface area contributed by atoms with Gasteiger partial charge in [-0.25, -0.2) is 15.0 Å². The number of hydrogen-bond acceptors (Lipinski definition) is 7. The number of piperidine rings is 1. The number of thioether (sulfide) groups is 1. The summed E-state index contributed by atoms with van der Waals surface area (Å²) < 4.78 is 0. The van der Waals surface area contributed by atoms with E-state index in [0.29, 0.717) is 5.69 Å². The molecule has 0 saturated carbocycles. The normalized spacial score (nSPS) is 15.3. The lowest BCUT2D eigenvalue weighted by molar-refractivity contribution is 0.0925. The van der Waals surface area contributed by atoms with Gasteiger partial charge in [0.05, 0.1) is 6.20 Å². The molecule has 3 heterocycles. The second-order valence-corrected chi connectivity index (χ2v) is 6.45. The van der Waals surface area contributed by atoms with Crippen molar-refractivity contribution in [2.45, 2.75) is 31.0 Å². The Labute approximate surface area is 145 Å². The summed E-state index contributed by atoms with van der Waals surface area (Å²) in [4.78, 5) is 31.3. The number of carbonyl (C=O) groups is 1. The summed E-state index contributed by atoms with van der Waals surface area (Å²) in [6, 6.07) is 2.16. The van der Waals surface area contributed by atoms with Crippen LogP contribution in [0.15, 0.2) is 29.8 Å². The Hall–Kier alpha value is -2.22. The van der Waals surface area contributed by atoms with Gasteiger partial charge >= 0.3 is 0 Å². The lowest BCUT2D eigenvalue weighted by atomic mass is 10.0. The maximum Gasteiger partial charge on any atom is 0.271 e. The van der Waals surface area contributed by atoms with Crippen molar-refractivity contribution in [2.75, 3.05) is 24.2 Å². The minimum atomic E-state index is -0.163. The number of hydrogen-bond donors (Lipinski definition) is 1. The maximum atomic E-state index is 12.1. The summed E-state index contributed by atoms with van der Waals surface area (Å²) in [5.41, 5.74) is 1.33.